The van der Waals surface area contributed by atoms with Gasteiger partial charge >= 0.3 is 5.97 Å². The molecule has 1 atom stereocenters. The van der Waals surface area contributed by atoms with Crippen molar-refractivity contribution >= 4 is 23.4 Å². The van der Waals surface area contributed by atoms with Crippen LogP contribution in [-0.4, -0.2) is 28.6 Å². The second-order valence-corrected chi connectivity index (χ2v) is 5.02. The molecule has 0 saturated heterocycles. The number of anilines is 1. The lowest BCUT2D eigenvalue weighted by atomic mass is 10.2. The summed E-state index contributed by atoms with van der Waals surface area (Å²) in [5.74, 6) is 0.256. The van der Waals surface area contributed by atoms with Gasteiger partial charge in [0.05, 0.1) is 11.3 Å². The van der Waals surface area contributed by atoms with Crippen LogP contribution in [0.1, 0.15) is 24.2 Å². The lowest BCUT2D eigenvalue weighted by molar-refractivity contribution is 0.0696. The molecule has 0 aliphatic rings. The van der Waals surface area contributed by atoms with Crippen LogP contribution in [0.25, 0.3) is 0 Å². The Balaban J connectivity index is 2.69. The summed E-state index contributed by atoms with van der Waals surface area (Å²) in [6, 6.07) is 4.04. The normalized spacial score (nSPS) is 12.2. The number of carboxylic acid groups (broad SMARTS) is 1. The third kappa shape index (κ3) is 4.26. The molecule has 2 N–H and O–H groups in total. The highest BCUT2D eigenvalue weighted by molar-refractivity contribution is 7.99. The predicted octanol–water partition coefficient (Wildman–Crippen LogP) is 3.08. The second-order valence-electron chi connectivity index (χ2n) is 3.70. The molecule has 5 heteroatoms. The van der Waals surface area contributed by atoms with Gasteiger partial charge in [-0.05, 0) is 30.9 Å². The molecule has 3 nitrogen and oxygen atoms in total. The molecule has 0 amide bonds. The van der Waals surface area contributed by atoms with Crippen LogP contribution in [0, 0.1) is 5.82 Å². The van der Waals surface area contributed by atoms with Crippen LogP contribution >= 0.6 is 11.8 Å². The van der Waals surface area contributed by atoms with E-state index in [1.807, 2.05) is 6.92 Å². The maximum absolute atomic E-state index is 13.6. The third-order valence-electron chi connectivity index (χ3n) is 2.19. The summed E-state index contributed by atoms with van der Waals surface area (Å²) in [6.07, 6.45) is 0. The monoisotopic (exact) mass is 257 g/mol. The largest absolute Gasteiger partial charge is 0.478 e. The van der Waals surface area contributed by atoms with Gasteiger partial charge in [-0.15, -0.1) is 0 Å². The Hall–Kier alpha value is -1.23. The van der Waals surface area contributed by atoms with Crippen molar-refractivity contribution in [2.24, 2.45) is 0 Å². The van der Waals surface area contributed by atoms with Crippen molar-refractivity contribution in [3.05, 3.63) is 29.6 Å². The Morgan fingerprint density at radius 3 is 2.82 bits per heavy atom. The fraction of sp³-hybridized carbons (Fsp3) is 0.417. The molecule has 1 aromatic rings. The van der Waals surface area contributed by atoms with Gasteiger partial charge in [0.2, 0.25) is 0 Å². The summed E-state index contributed by atoms with van der Waals surface area (Å²) >= 11 is 1.77. The minimum atomic E-state index is -1.12. The number of carbonyl (C=O) groups is 1. The van der Waals surface area contributed by atoms with E-state index in [1.165, 1.54) is 12.1 Å². The Morgan fingerprint density at radius 1 is 1.59 bits per heavy atom. The summed E-state index contributed by atoms with van der Waals surface area (Å²) in [4.78, 5) is 10.6. The molecule has 0 spiro atoms. The molecule has 94 valence electrons. The Labute approximate surface area is 104 Å². The van der Waals surface area contributed by atoms with Crippen LogP contribution in [0.15, 0.2) is 18.2 Å². The fourth-order valence-corrected chi connectivity index (χ4v) is 2.04. The minimum Gasteiger partial charge on any atom is -0.478 e. The van der Waals surface area contributed by atoms with E-state index in [0.29, 0.717) is 5.69 Å². The smallest absolute Gasteiger partial charge is 0.335 e. The van der Waals surface area contributed by atoms with Crippen LogP contribution in [0.3, 0.4) is 0 Å². The first kappa shape index (κ1) is 13.8. The summed E-state index contributed by atoms with van der Waals surface area (Å²) in [5, 5.41) is 11.7. The summed E-state index contributed by atoms with van der Waals surface area (Å²) < 4.78 is 13.6. The van der Waals surface area contributed by atoms with Gasteiger partial charge in [-0.25, -0.2) is 9.18 Å². The number of nitrogens with one attached hydrogen (secondary N) is 1. The minimum absolute atomic E-state index is 0.0383. The quantitative estimate of drug-likeness (QED) is 0.822. The molecule has 0 bridgehead atoms. The van der Waals surface area contributed by atoms with Gasteiger partial charge in [0.25, 0.3) is 0 Å². The Kier molecular flexibility index (Phi) is 5.28. The maximum Gasteiger partial charge on any atom is 0.335 e. The van der Waals surface area contributed by atoms with E-state index in [-0.39, 0.29) is 11.6 Å². The number of carboxylic acids is 1. The van der Waals surface area contributed by atoms with Gasteiger partial charge in [-0.1, -0.05) is 6.92 Å². The van der Waals surface area contributed by atoms with Gasteiger partial charge in [0.1, 0.15) is 5.82 Å². The van der Waals surface area contributed by atoms with E-state index in [4.69, 9.17) is 5.11 Å². The van der Waals surface area contributed by atoms with Gasteiger partial charge in [0, 0.05) is 11.8 Å². The summed E-state index contributed by atoms with van der Waals surface area (Å²) in [5.41, 5.74) is 0.308. The topological polar surface area (TPSA) is 49.3 Å². The highest BCUT2D eigenvalue weighted by atomic mass is 32.2. The summed E-state index contributed by atoms with van der Waals surface area (Å²) in [6.45, 7) is 4.03. The van der Waals surface area contributed by atoms with E-state index in [9.17, 15) is 9.18 Å². The number of benzene rings is 1. The van der Waals surface area contributed by atoms with Crippen LogP contribution in [0.5, 0.6) is 0 Å². The van der Waals surface area contributed by atoms with E-state index in [1.54, 1.807) is 11.8 Å². The average Bonchev–Trinajstić information content (AvgIpc) is 2.28. The third-order valence-corrected chi connectivity index (χ3v) is 3.33. The number of rotatable bonds is 6. The van der Waals surface area contributed by atoms with Crippen molar-refractivity contribution in [2.45, 2.75) is 19.9 Å². The molecule has 1 unspecified atom stereocenters. The molecule has 0 heterocycles. The predicted molar refractivity (Wildman–Crippen MR) is 69.4 cm³/mol. The van der Waals surface area contributed by atoms with Gasteiger partial charge in [0.15, 0.2) is 0 Å². The molecule has 0 aliphatic carbocycles. The van der Waals surface area contributed by atoms with Crippen LogP contribution < -0.4 is 5.32 Å². The zero-order chi connectivity index (χ0) is 12.8. The van der Waals surface area contributed by atoms with E-state index in [2.05, 4.69) is 12.2 Å². The van der Waals surface area contributed by atoms with E-state index < -0.39 is 11.8 Å². The van der Waals surface area contributed by atoms with Crippen molar-refractivity contribution in [2.75, 3.05) is 16.8 Å². The average molecular weight is 257 g/mol. The first-order valence-electron chi connectivity index (χ1n) is 5.41. The van der Waals surface area contributed by atoms with Crippen molar-refractivity contribution < 1.29 is 14.3 Å². The standard InChI is InChI=1S/C12H16FNO2S/c1-3-17-7-8(2)14-11-5-4-9(12(15)16)6-10(11)13/h4-6,8,14H,3,7H2,1-2H3,(H,15,16). The highest BCUT2D eigenvalue weighted by Gasteiger charge is 2.10. The maximum atomic E-state index is 13.6. The molecular weight excluding hydrogens is 241 g/mol. The number of aromatic carboxylic acids is 1. The first-order chi connectivity index (χ1) is 8.04. The van der Waals surface area contributed by atoms with Gasteiger partial charge in [-0.3, -0.25) is 0 Å². The Bertz CT molecular complexity index is 398. The number of hydrogen-bond acceptors (Lipinski definition) is 3. The molecule has 0 fully saturated rings. The van der Waals surface area contributed by atoms with E-state index >= 15 is 0 Å². The molecule has 1 rings (SSSR count). The second kappa shape index (κ2) is 6.49. The summed E-state index contributed by atoms with van der Waals surface area (Å²) in [7, 11) is 0. The van der Waals surface area contributed by atoms with Gasteiger partial charge < -0.3 is 10.4 Å². The molecule has 0 radical (unpaired) electrons. The van der Waals surface area contributed by atoms with Crippen molar-refractivity contribution in [1.29, 1.82) is 0 Å². The molecule has 0 saturated carbocycles. The first-order valence-corrected chi connectivity index (χ1v) is 6.57. The molecular formula is C12H16FNO2S. The van der Waals surface area contributed by atoms with Crippen molar-refractivity contribution in [3.8, 4) is 0 Å². The molecule has 17 heavy (non-hydrogen) atoms. The van der Waals surface area contributed by atoms with Crippen LogP contribution in [0.2, 0.25) is 0 Å². The molecule has 1 aromatic carbocycles. The lowest BCUT2D eigenvalue weighted by Gasteiger charge is -2.15. The van der Waals surface area contributed by atoms with Crippen LogP contribution in [-0.2, 0) is 0 Å². The number of hydrogen-bond donors (Lipinski definition) is 2. The Morgan fingerprint density at radius 2 is 2.29 bits per heavy atom. The molecule has 0 aromatic heterocycles. The van der Waals surface area contributed by atoms with Crippen molar-refractivity contribution in [1.82, 2.24) is 0 Å². The van der Waals surface area contributed by atoms with Gasteiger partial charge in [-0.2, -0.15) is 11.8 Å². The fourth-order valence-electron chi connectivity index (χ4n) is 1.37. The number of thioether (sulfide) groups is 1. The number of halogens is 1. The van der Waals surface area contributed by atoms with Crippen molar-refractivity contribution in [3.63, 3.8) is 0 Å². The van der Waals surface area contributed by atoms with E-state index in [0.717, 1.165) is 17.6 Å². The lowest BCUT2D eigenvalue weighted by Crippen LogP contribution is -2.19. The SMILES string of the molecule is CCSCC(C)Nc1ccc(C(=O)O)cc1F. The zero-order valence-electron chi connectivity index (χ0n) is 9.87. The van der Waals surface area contributed by atoms with Crippen LogP contribution in [0.4, 0.5) is 10.1 Å². The molecule has 0 aliphatic heterocycles. The zero-order valence-corrected chi connectivity index (χ0v) is 10.7. The highest BCUT2D eigenvalue weighted by Crippen LogP contribution is 2.17.